The molecule has 7 aromatic rings. The van der Waals surface area contributed by atoms with Crippen molar-refractivity contribution in [2.75, 3.05) is 73.2 Å². The predicted molar refractivity (Wildman–Crippen MR) is 265 cm³/mol. The summed E-state index contributed by atoms with van der Waals surface area (Å²) in [5.74, 6) is 0.229. The van der Waals surface area contributed by atoms with Gasteiger partial charge >= 0.3 is 0 Å². The minimum atomic E-state index is -4.77. The Labute approximate surface area is 403 Å². The molecule has 22 nitrogen and oxygen atoms in total. The van der Waals surface area contributed by atoms with Crippen molar-refractivity contribution in [2.45, 2.75) is 42.6 Å². The van der Waals surface area contributed by atoms with Gasteiger partial charge < -0.3 is 35.0 Å². The third kappa shape index (κ3) is 10.9. The minimum Gasteiger partial charge on any atom is -0.495 e. The van der Waals surface area contributed by atoms with Crippen molar-refractivity contribution < 1.29 is 40.5 Å². The molecular formula is C41H45N13O9S5. The molecule has 0 fully saturated rings. The van der Waals surface area contributed by atoms with Crippen LogP contribution in [-0.2, 0) is 20.2 Å². The monoisotopic (exact) mass is 1020 g/mol. The number of benzene rings is 4. The minimum absolute atomic E-state index is 0.0427. The first-order chi connectivity index (χ1) is 32.6. The van der Waals surface area contributed by atoms with Gasteiger partial charge in [-0.2, -0.15) is 40.5 Å². The van der Waals surface area contributed by atoms with Crippen LogP contribution in [0.5, 0.6) is 11.5 Å². The number of rotatable bonds is 21. The number of thioether (sulfide) groups is 1. The topological polar surface area (TPSA) is 292 Å². The van der Waals surface area contributed by atoms with Crippen LogP contribution in [-0.4, -0.2) is 108 Å². The molecule has 0 unspecified atom stereocenters. The number of aliphatic hydroxyl groups is 1. The number of azo groups is 2. The molecule has 0 bridgehead atoms. The molecule has 3 aromatic heterocycles. The number of methoxy groups -OCH3 is 2. The van der Waals surface area contributed by atoms with Gasteiger partial charge in [-0.05, 0) is 111 Å². The van der Waals surface area contributed by atoms with Gasteiger partial charge in [-0.3, -0.25) is 9.11 Å². The highest BCUT2D eigenvalue weighted by Gasteiger charge is 2.27. The molecule has 0 spiro atoms. The number of hydrogen-bond donors (Lipinski definition) is 5. The number of nitrogens with zero attached hydrogens (tertiary/aromatic N) is 11. The van der Waals surface area contributed by atoms with Crippen LogP contribution in [0.1, 0.15) is 27.7 Å². The van der Waals surface area contributed by atoms with E-state index in [0.717, 1.165) is 34.4 Å². The Hall–Kier alpha value is -6.20. The molecule has 0 saturated heterocycles. The van der Waals surface area contributed by atoms with E-state index in [-0.39, 0.29) is 72.7 Å². The van der Waals surface area contributed by atoms with E-state index in [2.05, 4.69) is 59.6 Å². The number of ether oxygens (including phenoxy) is 2. The average molecular weight is 1020 g/mol. The van der Waals surface area contributed by atoms with E-state index < -0.39 is 30.0 Å². The van der Waals surface area contributed by atoms with Crippen LogP contribution in [0.3, 0.4) is 0 Å². The van der Waals surface area contributed by atoms with E-state index in [1.807, 2.05) is 52.0 Å². The van der Waals surface area contributed by atoms with Gasteiger partial charge in [-0.15, -0.1) is 20.5 Å². The lowest BCUT2D eigenvalue weighted by molar-refractivity contribution is 0.322. The zero-order valence-electron chi connectivity index (χ0n) is 37.3. The summed E-state index contributed by atoms with van der Waals surface area (Å²) >= 11 is 2.95. The molecule has 0 radical (unpaired) electrons. The van der Waals surface area contributed by atoms with Crippen LogP contribution in [0.15, 0.2) is 96.1 Å². The molecule has 68 heavy (non-hydrogen) atoms. The Bertz CT molecular complexity index is 3040. The van der Waals surface area contributed by atoms with Gasteiger partial charge in [0, 0.05) is 43.3 Å². The standard InChI is InChI=1S/C41H45N13O9S5/c1-7-53(8-2)23-11-13-25(47-49-37-33-27(51-65-37)15-17-31(62-5)35(33)67(56,57)58)29(21-23)42-39-44-40(46-41(45-39)64-20-19-55)43-30-22-24(54(9-3)10-4)12-14-26(30)48-50-38-34-28(52-66-38)16-18-32(63-6)36(34)68(59,60)61/h11-18,21-22,55H,7-10,19-20H2,1-6H3,(H,56,57,58)(H,59,60,61)(H2,42,43,44,45,46). The summed E-state index contributed by atoms with van der Waals surface area (Å²) in [6, 6.07) is 16.8. The summed E-state index contributed by atoms with van der Waals surface area (Å²) in [6.45, 7) is 10.7. The van der Waals surface area contributed by atoms with Gasteiger partial charge in [0.05, 0.1) is 54.0 Å². The molecule has 0 aliphatic rings. The third-order valence-electron chi connectivity index (χ3n) is 10.2. The molecule has 0 amide bonds. The summed E-state index contributed by atoms with van der Waals surface area (Å²) in [4.78, 5) is 17.3. The van der Waals surface area contributed by atoms with Crippen LogP contribution in [0.4, 0.5) is 56.0 Å². The van der Waals surface area contributed by atoms with Crippen molar-refractivity contribution in [1.82, 2.24) is 23.7 Å². The van der Waals surface area contributed by atoms with E-state index in [1.54, 1.807) is 24.3 Å². The second-order valence-corrected chi connectivity index (χ2v) is 19.4. The average Bonchev–Trinajstić information content (AvgIpc) is 3.93. The molecule has 7 rings (SSSR count). The molecule has 0 saturated carbocycles. The zero-order chi connectivity index (χ0) is 48.8. The first-order valence-electron chi connectivity index (χ1n) is 20.7. The summed E-state index contributed by atoms with van der Waals surface area (Å²) in [7, 11) is -6.97. The number of fused-ring (bicyclic) bond motifs is 2. The molecular weight excluding hydrogens is 979 g/mol. The highest BCUT2D eigenvalue weighted by Crippen LogP contribution is 2.44. The number of anilines is 6. The fourth-order valence-corrected chi connectivity index (χ4v) is 10.9. The van der Waals surface area contributed by atoms with E-state index in [4.69, 9.17) is 14.5 Å². The van der Waals surface area contributed by atoms with Gasteiger partial charge in [0.2, 0.25) is 11.9 Å². The second kappa shape index (κ2) is 21.4. The maximum absolute atomic E-state index is 12.6. The predicted octanol–water partition coefficient (Wildman–Crippen LogP) is 9.70. The van der Waals surface area contributed by atoms with Gasteiger partial charge in [-0.25, -0.2) is 0 Å². The molecule has 27 heteroatoms. The smallest absolute Gasteiger partial charge is 0.299 e. The Morgan fingerprint density at radius 3 is 1.43 bits per heavy atom. The van der Waals surface area contributed by atoms with Gasteiger partial charge in [0.15, 0.2) is 15.2 Å². The normalized spacial score (nSPS) is 12.1. The molecule has 0 aliphatic carbocycles. The SMILES string of the molecule is CCN(CC)c1ccc(N=Nc2snc3ccc(OC)c(S(=O)(=O)O)c23)c(Nc2nc(Nc3cc(N(CC)CC)ccc3N=Nc3snc4ccc(OC)c(S(=O)(=O)O)c34)nc(SCCO)n2)c1. The Morgan fingerprint density at radius 2 is 1.06 bits per heavy atom. The number of nitrogens with one attached hydrogen (secondary N) is 2. The molecule has 3 heterocycles. The maximum Gasteiger partial charge on any atom is 0.299 e. The Balaban J connectivity index is 1.32. The van der Waals surface area contributed by atoms with Gasteiger partial charge in [0.25, 0.3) is 20.2 Å². The third-order valence-corrected chi connectivity index (χ3v) is 14.4. The summed E-state index contributed by atoms with van der Waals surface area (Å²) < 4.78 is 89.8. The molecule has 0 aliphatic heterocycles. The lowest BCUT2D eigenvalue weighted by atomic mass is 10.2. The highest BCUT2D eigenvalue weighted by molar-refractivity contribution is 7.99. The van der Waals surface area contributed by atoms with Gasteiger partial charge in [0.1, 0.15) is 32.7 Å². The van der Waals surface area contributed by atoms with E-state index in [9.17, 15) is 31.0 Å². The fourth-order valence-electron chi connectivity index (χ4n) is 7.02. The molecule has 358 valence electrons. The lowest BCUT2D eigenvalue weighted by Gasteiger charge is -2.22. The first-order valence-corrected chi connectivity index (χ1v) is 26.1. The van der Waals surface area contributed by atoms with Crippen LogP contribution >= 0.6 is 34.8 Å². The molecule has 5 N–H and O–H groups in total. The van der Waals surface area contributed by atoms with Crippen molar-refractivity contribution in [1.29, 1.82) is 0 Å². The zero-order valence-corrected chi connectivity index (χ0v) is 41.4. The van der Waals surface area contributed by atoms with E-state index in [1.165, 1.54) is 38.1 Å². The summed E-state index contributed by atoms with van der Waals surface area (Å²) in [6.07, 6.45) is 0. The quantitative estimate of drug-likeness (QED) is 0.0254. The fraction of sp³-hybridized carbons (Fsp3) is 0.293. The van der Waals surface area contributed by atoms with Crippen molar-refractivity contribution in [3.05, 3.63) is 60.7 Å². The maximum atomic E-state index is 12.6. The van der Waals surface area contributed by atoms with Crippen LogP contribution in [0.2, 0.25) is 0 Å². The van der Waals surface area contributed by atoms with Gasteiger partial charge in [-0.1, -0.05) is 11.8 Å². The summed E-state index contributed by atoms with van der Waals surface area (Å²) in [5.41, 5.74) is 3.62. The second-order valence-electron chi connectivity index (χ2n) is 14.1. The van der Waals surface area contributed by atoms with E-state index in [0.29, 0.717) is 48.9 Å². The lowest BCUT2D eigenvalue weighted by Crippen LogP contribution is -2.21. The van der Waals surface area contributed by atoms with Crippen LogP contribution in [0, 0.1) is 0 Å². The van der Waals surface area contributed by atoms with Crippen LogP contribution < -0.4 is 29.9 Å². The van der Waals surface area contributed by atoms with Crippen molar-refractivity contribution >= 4 is 133 Å². The van der Waals surface area contributed by atoms with E-state index >= 15 is 0 Å². The number of aromatic nitrogens is 5. The largest absolute Gasteiger partial charge is 0.495 e. The van der Waals surface area contributed by atoms with Crippen molar-refractivity contribution in [2.24, 2.45) is 20.5 Å². The summed E-state index contributed by atoms with van der Waals surface area (Å²) in [5, 5.41) is 34.7. The Kier molecular flexibility index (Phi) is 15.6. The van der Waals surface area contributed by atoms with Crippen molar-refractivity contribution in [3.8, 4) is 11.5 Å². The Morgan fingerprint density at radius 1 is 0.632 bits per heavy atom. The van der Waals surface area contributed by atoms with Crippen molar-refractivity contribution in [3.63, 3.8) is 0 Å². The number of hydrogen-bond acceptors (Lipinski definition) is 23. The number of aliphatic hydroxyl groups excluding tert-OH is 1. The molecule has 4 aromatic carbocycles. The highest BCUT2D eigenvalue weighted by atomic mass is 32.2. The first kappa shape index (κ1) is 49.7. The van der Waals surface area contributed by atoms with Crippen LogP contribution in [0.25, 0.3) is 21.8 Å². The molecule has 0 atom stereocenters.